The Bertz CT molecular complexity index is 496. The third kappa shape index (κ3) is 2.49. The summed E-state index contributed by atoms with van der Waals surface area (Å²) in [5.41, 5.74) is 0. The number of hydrogen-bond acceptors (Lipinski definition) is 5. The fourth-order valence-corrected chi connectivity index (χ4v) is 2.49. The number of ether oxygens (including phenoxy) is 2. The van der Waals surface area contributed by atoms with E-state index in [-0.39, 0.29) is 24.7 Å². The number of fused-ring (bicyclic) bond motifs is 1. The zero-order valence-electron chi connectivity index (χ0n) is 11.0. The molecule has 102 valence electrons. The Morgan fingerprint density at radius 2 is 2.05 bits per heavy atom. The first-order valence-electron chi connectivity index (χ1n) is 6.46. The average molecular weight is 263 g/mol. The fraction of sp³-hybridized carbons (Fsp3) is 0.538. The number of anilines is 2. The van der Waals surface area contributed by atoms with Crippen LogP contribution in [-0.4, -0.2) is 42.8 Å². The van der Waals surface area contributed by atoms with Gasteiger partial charge in [0.2, 0.25) is 0 Å². The lowest BCUT2D eigenvalue weighted by Gasteiger charge is -2.36. The monoisotopic (exact) mass is 263 g/mol. The van der Waals surface area contributed by atoms with Gasteiger partial charge in [0.1, 0.15) is 5.82 Å². The van der Waals surface area contributed by atoms with Crippen LogP contribution >= 0.6 is 0 Å². The molecule has 1 aromatic rings. The lowest BCUT2D eigenvalue weighted by atomic mass is 10.2. The van der Waals surface area contributed by atoms with Crippen molar-refractivity contribution < 1.29 is 14.3 Å². The number of hydrogen-bond donors (Lipinski definition) is 1. The molecule has 0 aliphatic carbocycles. The summed E-state index contributed by atoms with van der Waals surface area (Å²) in [4.78, 5) is 17.9. The topological polar surface area (TPSA) is 63.7 Å². The summed E-state index contributed by atoms with van der Waals surface area (Å²) in [6.07, 6.45) is 0.347. The summed E-state index contributed by atoms with van der Waals surface area (Å²) in [6, 6.07) is 3.77. The first-order valence-corrected chi connectivity index (χ1v) is 6.46. The quantitative estimate of drug-likeness (QED) is 0.819. The summed E-state index contributed by atoms with van der Waals surface area (Å²) in [5, 5.41) is 2.73. The van der Waals surface area contributed by atoms with E-state index in [0.717, 1.165) is 18.9 Å². The van der Waals surface area contributed by atoms with E-state index in [9.17, 15) is 4.79 Å². The molecule has 0 bridgehead atoms. The van der Waals surface area contributed by atoms with E-state index < -0.39 is 0 Å². The van der Waals surface area contributed by atoms with E-state index in [1.54, 1.807) is 0 Å². The number of pyridine rings is 1. The molecule has 0 unspecified atom stereocenters. The molecular weight excluding hydrogens is 246 g/mol. The number of rotatable bonds is 1. The van der Waals surface area contributed by atoms with Crippen LogP contribution in [0.4, 0.5) is 11.6 Å². The van der Waals surface area contributed by atoms with Crippen molar-refractivity contribution in [2.45, 2.75) is 26.1 Å². The predicted molar refractivity (Wildman–Crippen MR) is 70.6 cm³/mol. The van der Waals surface area contributed by atoms with Crippen molar-refractivity contribution in [3.8, 4) is 5.75 Å². The second-order valence-electron chi connectivity index (χ2n) is 5.02. The Balaban J connectivity index is 1.85. The van der Waals surface area contributed by atoms with Gasteiger partial charge < -0.3 is 19.7 Å². The Labute approximate surface area is 111 Å². The lowest BCUT2D eigenvalue weighted by molar-refractivity contribution is -0.118. The van der Waals surface area contributed by atoms with Crippen LogP contribution in [0.2, 0.25) is 0 Å². The fourth-order valence-electron chi connectivity index (χ4n) is 2.49. The molecule has 0 saturated carbocycles. The molecule has 0 spiro atoms. The van der Waals surface area contributed by atoms with Crippen molar-refractivity contribution in [3.05, 3.63) is 12.1 Å². The molecule has 2 atom stereocenters. The van der Waals surface area contributed by atoms with Crippen LogP contribution in [0, 0.1) is 0 Å². The molecule has 6 heteroatoms. The van der Waals surface area contributed by atoms with Gasteiger partial charge in [0.05, 0.1) is 12.2 Å². The number of aromatic nitrogens is 1. The van der Waals surface area contributed by atoms with Crippen molar-refractivity contribution in [2.24, 2.45) is 0 Å². The molecule has 3 heterocycles. The maximum absolute atomic E-state index is 11.3. The molecule has 3 rings (SSSR count). The molecule has 1 aromatic heterocycles. The van der Waals surface area contributed by atoms with Gasteiger partial charge in [-0.05, 0) is 26.0 Å². The first kappa shape index (κ1) is 12.2. The van der Waals surface area contributed by atoms with Crippen molar-refractivity contribution in [3.63, 3.8) is 0 Å². The SMILES string of the molecule is C[C@@H]1CN(c2ccc3c(n2)NC(=O)CO3)C[C@@H](C)O1. The Hall–Kier alpha value is -1.82. The summed E-state index contributed by atoms with van der Waals surface area (Å²) >= 11 is 0. The van der Waals surface area contributed by atoms with Gasteiger partial charge in [-0.15, -0.1) is 0 Å². The number of carbonyl (C=O) groups is 1. The van der Waals surface area contributed by atoms with Crippen LogP contribution in [0.1, 0.15) is 13.8 Å². The molecular formula is C13H17N3O3. The number of nitrogens with one attached hydrogen (secondary N) is 1. The molecule has 0 aromatic carbocycles. The summed E-state index contributed by atoms with van der Waals surface area (Å²) in [7, 11) is 0. The van der Waals surface area contributed by atoms with Crippen LogP contribution in [0.25, 0.3) is 0 Å². The number of amides is 1. The average Bonchev–Trinajstić information content (AvgIpc) is 2.36. The molecule has 1 amide bonds. The largest absolute Gasteiger partial charge is 0.480 e. The zero-order valence-corrected chi connectivity index (χ0v) is 11.0. The molecule has 19 heavy (non-hydrogen) atoms. The number of morpholine rings is 1. The van der Waals surface area contributed by atoms with E-state index in [4.69, 9.17) is 9.47 Å². The van der Waals surface area contributed by atoms with Crippen molar-refractivity contribution in [1.82, 2.24) is 4.98 Å². The highest BCUT2D eigenvalue weighted by atomic mass is 16.5. The van der Waals surface area contributed by atoms with Gasteiger partial charge in [0.25, 0.3) is 5.91 Å². The highest BCUT2D eigenvalue weighted by Crippen LogP contribution is 2.29. The van der Waals surface area contributed by atoms with Gasteiger partial charge >= 0.3 is 0 Å². The molecule has 6 nitrogen and oxygen atoms in total. The van der Waals surface area contributed by atoms with E-state index in [0.29, 0.717) is 11.6 Å². The Morgan fingerprint density at radius 1 is 1.32 bits per heavy atom. The molecule has 0 radical (unpaired) electrons. The lowest BCUT2D eigenvalue weighted by Crippen LogP contribution is -2.46. The van der Waals surface area contributed by atoms with Crippen LogP contribution in [-0.2, 0) is 9.53 Å². The summed E-state index contributed by atoms with van der Waals surface area (Å²) in [6.45, 7) is 5.74. The first-order chi connectivity index (χ1) is 9.11. The second-order valence-corrected chi connectivity index (χ2v) is 5.02. The van der Waals surface area contributed by atoms with Crippen molar-refractivity contribution in [2.75, 3.05) is 29.9 Å². The predicted octanol–water partition coefficient (Wildman–Crippen LogP) is 1.03. The standard InChI is InChI=1S/C13H17N3O3/c1-8-5-16(6-9(2)19-8)11-4-3-10-13(14-11)15-12(17)7-18-10/h3-4,8-9H,5-7H2,1-2H3,(H,14,15,17)/t8-,9-/m1/s1. The maximum Gasteiger partial charge on any atom is 0.263 e. The normalized spacial score (nSPS) is 26.4. The highest BCUT2D eigenvalue weighted by molar-refractivity contribution is 5.94. The zero-order chi connectivity index (χ0) is 13.4. The molecule has 1 saturated heterocycles. The van der Waals surface area contributed by atoms with Crippen LogP contribution < -0.4 is 15.0 Å². The third-order valence-electron chi connectivity index (χ3n) is 3.20. The van der Waals surface area contributed by atoms with Crippen LogP contribution in [0.3, 0.4) is 0 Å². The van der Waals surface area contributed by atoms with Gasteiger partial charge in [-0.2, -0.15) is 0 Å². The third-order valence-corrected chi connectivity index (χ3v) is 3.20. The summed E-state index contributed by atoms with van der Waals surface area (Å²) < 4.78 is 11.0. The minimum Gasteiger partial charge on any atom is -0.480 e. The maximum atomic E-state index is 11.3. The van der Waals surface area contributed by atoms with Gasteiger partial charge in [0.15, 0.2) is 18.2 Å². The van der Waals surface area contributed by atoms with Gasteiger partial charge in [-0.25, -0.2) is 4.98 Å². The second kappa shape index (κ2) is 4.70. The Morgan fingerprint density at radius 3 is 2.79 bits per heavy atom. The van der Waals surface area contributed by atoms with Crippen molar-refractivity contribution in [1.29, 1.82) is 0 Å². The minimum atomic E-state index is -0.166. The van der Waals surface area contributed by atoms with Crippen LogP contribution in [0.5, 0.6) is 5.75 Å². The van der Waals surface area contributed by atoms with Crippen LogP contribution in [0.15, 0.2) is 12.1 Å². The Kier molecular flexibility index (Phi) is 3.02. The highest BCUT2D eigenvalue weighted by Gasteiger charge is 2.25. The van der Waals surface area contributed by atoms with Gasteiger partial charge in [0, 0.05) is 13.1 Å². The van der Waals surface area contributed by atoms with Crippen molar-refractivity contribution >= 4 is 17.5 Å². The van der Waals surface area contributed by atoms with Gasteiger partial charge in [-0.3, -0.25) is 4.79 Å². The van der Waals surface area contributed by atoms with E-state index >= 15 is 0 Å². The molecule has 2 aliphatic rings. The van der Waals surface area contributed by atoms with E-state index in [1.807, 2.05) is 26.0 Å². The number of carbonyl (C=O) groups excluding carboxylic acids is 1. The van der Waals surface area contributed by atoms with Gasteiger partial charge in [-0.1, -0.05) is 0 Å². The smallest absolute Gasteiger partial charge is 0.263 e. The minimum absolute atomic E-state index is 0.0552. The van der Waals surface area contributed by atoms with E-state index in [2.05, 4.69) is 15.2 Å². The molecule has 1 N–H and O–H groups in total. The summed E-state index contributed by atoms with van der Waals surface area (Å²) in [5.74, 6) is 1.80. The number of nitrogens with zero attached hydrogens (tertiary/aromatic N) is 2. The molecule has 2 aliphatic heterocycles. The molecule has 1 fully saturated rings. The van der Waals surface area contributed by atoms with E-state index in [1.165, 1.54) is 0 Å².